The van der Waals surface area contributed by atoms with E-state index in [-0.39, 0.29) is 0 Å². The molecule has 1 saturated heterocycles. The number of likely N-dealkylation sites (tertiary alicyclic amines) is 1. The topological polar surface area (TPSA) is 23.6 Å². The van der Waals surface area contributed by atoms with Crippen LogP contribution in [0.15, 0.2) is 0 Å². The Morgan fingerprint density at radius 1 is 1.31 bits per heavy atom. The first kappa shape index (κ1) is 10.5. The zero-order valence-corrected chi connectivity index (χ0v) is 8.54. The maximum Gasteiger partial charge on any atom is 0.210 e. The summed E-state index contributed by atoms with van der Waals surface area (Å²) in [5, 5.41) is 0. The van der Waals surface area contributed by atoms with Crippen molar-refractivity contribution in [1.82, 2.24) is 9.80 Å². The van der Waals surface area contributed by atoms with Crippen molar-refractivity contribution in [2.24, 2.45) is 0 Å². The second kappa shape index (κ2) is 5.97. The summed E-state index contributed by atoms with van der Waals surface area (Å²) in [5.41, 5.74) is 0. The number of piperidine rings is 1. The molecular formula is C10H20N2O. The smallest absolute Gasteiger partial charge is 0.210 e. The van der Waals surface area contributed by atoms with E-state index in [9.17, 15) is 4.79 Å². The standard InChI is InChI=1S/C10H20N2O/c1-2-6-12(10-13)9-11-7-4-3-5-8-11/h10H,2-9H2,1H3. The SMILES string of the molecule is CCCN(C=O)CN1CCCCC1. The van der Waals surface area contributed by atoms with E-state index in [1.807, 2.05) is 4.90 Å². The molecule has 0 aliphatic carbocycles. The molecule has 0 spiro atoms. The highest BCUT2D eigenvalue weighted by Gasteiger charge is 2.12. The Morgan fingerprint density at radius 2 is 2.00 bits per heavy atom. The Kier molecular flexibility index (Phi) is 4.83. The fourth-order valence-corrected chi connectivity index (χ4v) is 1.80. The lowest BCUT2D eigenvalue weighted by Crippen LogP contribution is -2.40. The molecule has 3 nitrogen and oxygen atoms in total. The van der Waals surface area contributed by atoms with Gasteiger partial charge in [0.05, 0.1) is 6.67 Å². The molecule has 0 aromatic rings. The molecule has 0 aromatic carbocycles. The highest BCUT2D eigenvalue weighted by atomic mass is 16.1. The van der Waals surface area contributed by atoms with Crippen molar-refractivity contribution < 1.29 is 4.79 Å². The van der Waals surface area contributed by atoms with Crippen LogP contribution >= 0.6 is 0 Å². The van der Waals surface area contributed by atoms with Gasteiger partial charge in [-0.3, -0.25) is 9.69 Å². The molecule has 0 radical (unpaired) electrons. The highest BCUT2D eigenvalue weighted by molar-refractivity contribution is 5.46. The third-order valence-electron chi connectivity index (χ3n) is 2.49. The van der Waals surface area contributed by atoms with Gasteiger partial charge < -0.3 is 4.90 Å². The first-order chi connectivity index (χ1) is 6.36. The van der Waals surface area contributed by atoms with E-state index < -0.39 is 0 Å². The van der Waals surface area contributed by atoms with Crippen molar-refractivity contribution >= 4 is 6.41 Å². The van der Waals surface area contributed by atoms with Gasteiger partial charge in [0, 0.05) is 6.54 Å². The molecular weight excluding hydrogens is 164 g/mol. The number of hydrogen-bond donors (Lipinski definition) is 0. The molecule has 0 aromatic heterocycles. The van der Waals surface area contributed by atoms with E-state index >= 15 is 0 Å². The molecule has 1 fully saturated rings. The summed E-state index contributed by atoms with van der Waals surface area (Å²) in [4.78, 5) is 14.9. The Bertz CT molecular complexity index is 144. The largest absolute Gasteiger partial charge is 0.332 e. The summed E-state index contributed by atoms with van der Waals surface area (Å²) in [5.74, 6) is 0. The molecule has 3 heteroatoms. The molecule has 0 unspecified atom stereocenters. The van der Waals surface area contributed by atoms with Gasteiger partial charge in [0.25, 0.3) is 0 Å². The van der Waals surface area contributed by atoms with Crippen LogP contribution < -0.4 is 0 Å². The van der Waals surface area contributed by atoms with Crippen LogP contribution in [0, 0.1) is 0 Å². The molecule has 1 amide bonds. The van der Waals surface area contributed by atoms with Gasteiger partial charge in [-0.15, -0.1) is 0 Å². The Balaban J connectivity index is 2.22. The molecule has 1 aliphatic heterocycles. The van der Waals surface area contributed by atoms with Crippen LogP contribution in [0.1, 0.15) is 32.6 Å². The van der Waals surface area contributed by atoms with Gasteiger partial charge in [-0.1, -0.05) is 13.3 Å². The first-order valence-corrected chi connectivity index (χ1v) is 5.28. The van der Waals surface area contributed by atoms with Gasteiger partial charge in [-0.2, -0.15) is 0 Å². The van der Waals surface area contributed by atoms with Crippen molar-refractivity contribution in [2.75, 3.05) is 26.3 Å². The Labute approximate surface area is 80.7 Å². The third kappa shape index (κ3) is 3.77. The zero-order chi connectivity index (χ0) is 9.52. The first-order valence-electron chi connectivity index (χ1n) is 5.28. The Hall–Kier alpha value is -0.570. The van der Waals surface area contributed by atoms with E-state index in [4.69, 9.17) is 0 Å². The predicted molar refractivity (Wildman–Crippen MR) is 53.4 cm³/mol. The molecule has 1 heterocycles. The van der Waals surface area contributed by atoms with Crippen molar-refractivity contribution in [2.45, 2.75) is 32.6 Å². The van der Waals surface area contributed by atoms with Crippen molar-refractivity contribution in [3.63, 3.8) is 0 Å². The van der Waals surface area contributed by atoms with Gasteiger partial charge in [0.2, 0.25) is 6.41 Å². The lowest BCUT2D eigenvalue weighted by atomic mass is 10.1. The number of amides is 1. The van der Waals surface area contributed by atoms with Crippen molar-refractivity contribution in [3.05, 3.63) is 0 Å². The van der Waals surface area contributed by atoms with Crippen LogP contribution in [-0.4, -0.2) is 42.5 Å². The molecule has 0 saturated carbocycles. The molecule has 76 valence electrons. The van der Waals surface area contributed by atoms with Gasteiger partial charge in [0.1, 0.15) is 0 Å². The molecule has 13 heavy (non-hydrogen) atoms. The number of rotatable bonds is 5. The maximum absolute atomic E-state index is 10.7. The van der Waals surface area contributed by atoms with Gasteiger partial charge in [0.15, 0.2) is 0 Å². The minimum absolute atomic E-state index is 0.831. The second-order valence-corrected chi connectivity index (χ2v) is 3.74. The van der Waals surface area contributed by atoms with Crippen LogP contribution in [0.2, 0.25) is 0 Å². The molecule has 0 N–H and O–H groups in total. The second-order valence-electron chi connectivity index (χ2n) is 3.74. The maximum atomic E-state index is 10.7. The van der Waals surface area contributed by atoms with Gasteiger partial charge in [-0.05, 0) is 32.4 Å². The number of nitrogens with zero attached hydrogens (tertiary/aromatic N) is 2. The lowest BCUT2D eigenvalue weighted by Gasteiger charge is -2.30. The normalized spacial score (nSPS) is 18.5. The van der Waals surface area contributed by atoms with Crippen molar-refractivity contribution in [3.8, 4) is 0 Å². The average Bonchev–Trinajstić information content (AvgIpc) is 2.19. The summed E-state index contributed by atoms with van der Waals surface area (Å²) in [6, 6.07) is 0. The summed E-state index contributed by atoms with van der Waals surface area (Å²) >= 11 is 0. The fraction of sp³-hybridized carbons (Fsp3) is 0.900. The van der Waals surface area contributed by atoms with Crippen LogP contribution in [-0.2, 0) is 4.79 Å². The molecule has 1 aliphatic rings. The summed E-state index contributed by atoms with van der Waals surface area (Å²) in [6.07, 6.45) is 5.95. The minimum Gasteiger partial charge on any atom is -0.332 e. The van der Waals surface area contributed by atoms with Crippen LogP contribution in [0.25, 0.3) is 0 Å². The predicted octanol–water partition coefficient (Wildman–Crippen LogP) is 1.30. The van der Waals surface area contributed by atoms with E-state index in [1.165, 1.54) is 19.3 Å². The lowest BCUT2D eigenvalue weighted by molar-refractivity contribution is -0.120. The Morgan fingerprint density at radius 3 is 2.54 bits per heavy atom. The minimum atomic E-state index is 0.831. The van der Waals surface area contributed by atoms with Crippen LogP contribution in [0.4, 0.5) is 0 Å². The highest BCUT2D eigenvalue weighted by Crippen LogP contribution is 2.08. The number of hydrogen-bond acceptors (Lipinski definition) is 2. The molecule has 1 rings (SSSR count). The molecule has 0 atom stereocenters. The van der Waals surface area contributed by atoms with Crippen LogP contribution in [0.3, 0.4) is 0 Å². The summed E-state index contributed by atoms with van der Waals surface area (Å²) in [6.45, 7) is 6.14. The monoisotopic (exact) mass is 184 g/mol. The van der Waals surface area contributed by atoms with E-state index in [0.717, 1.165) is 39.1 Å². The van der Waals surface area contributed by atoms with E-state index in [0.29, 0.717) is 0 Å². The van der Waals surface area contributed by atoms with Gasteiger partial charge >= 0.3 is 0 Å². The third-order valence-corrected chi connectivity index (χ3v) is 2.49. The molecule has 0 bridgehead atoms. The quantitative estimate of drug-likeness (QED) is 0.601. The fourth-order valence-electron chi connectivity index (χ4n) is 1.80. The van der Waals surface area contributed by atoms with E-state index in [1.54, 1.807) is 0 Å². The number of carbonyl (C=O) groups excluding carboxylic acids is 1. The average molecular weight is 184 g/mol. The number of carbonyl (C=O) groups is 1. The summed E-state index contributed by atoms with van der Waals surface area (Å²) in [7, 11) is 0. The van der Waals surface area contributed by atoms with Crippen LogP contribution in [0.5, 0.6) is 0 Å². The zero-order valence-electron chi connectivity index (χ0n) is 8.54. The van der Waals surface area contributed by atoms with E-state index in [2.05, 4.69) is 11.8 Å². The summed E-state index contributed by atoms with van der Waals surface area (Å²) < 4.78 is 0. The van der Waals surface area contributed by atoms with Crippen molar-refractivity contribution in [1.29, 1.82) is 0 Å². The van der Waals surface area contributed by atoms with Gasteiger partial charge in [-0.25, -0.2) is 0 Å².